The lowest BCUT2D eigenvalue weighted by Crippen LogP contribution is -2.51. The molecule has 0 saturated carbocycles. The minimum atomic E-state index is -4.60. The van der Waals surface area contributed by atoms with Crippen LogP contribution < -0.4 is 9.47 Å². The van der Waals surface area contributed by atoms with Gasteiger partial charge in [0.25, 0.3) is 5.91 Å². The molecule has 0 N–H and O–H groups in total. The highest BCUT2D eigenvalue weighted by Crippen LogP contribution is 2.40. The zero-order valence-electron chi connectivity index (χ0n) is 19.8. The maximum atomic E-state index is 13.4. The van der Waals surface area contributed by atoms with E-state index in [9.17, 15) is 18.0 Å². The molecule has 186 valence electrons. The number of piperazine rings is 1. The Morgan fingerprint density at radius 3 is 2.44 bits per heavy atom. The first kappa shape index (κ1) is 23.7. The first-order chi connectivity index (χ1) is 17.2. The van der Waals surface area contributed by atoms with Gasteiger partial charge in [0.1, 0.15) is 23.0 Å². The third-order valence-corrected chi connectivity index (χ3v) is 6.32. The van der Waals surface area contributed by atoms with Crippen LogP contribution in [0.25, 0.3) is 0 Å². The molecule has 1 amide bonds. The lowest BCUT2D eigenvalue weighted by atomic mass is 10.1. The van der Waals surface area contributed by atoms with Crippen LogP contribution in [-0.4, -0.2) is 54.8 Å². The number of hydrogen-bond donors (Lipinski definition) is 0. The first-order valence-electron chi connectivity index (χ1n) is 11.5. The van der Waals surface area contributed by atoms with Crippen molar-refractivity contribution in [2.45, 2.75) is 13.1 Å². The van der Waals surface area contributed by atoms with Crippen molar-refractivity contribution in [3.8, 4) is 17.2 Å². The van der Waals surface area contributed by atoms with Crippen LogP contribution in [0.3, 0.4) is 0 Å². The van der Waals surface area contributed by atoms with Gasteiger partial charge in [-0.25, -0.2) is 4.99 Å². The highest BCUT2D eigenvalue weighted by atomic mass is 19.4. The van der Waals surface area contributed by atoms with Gasteiger partial charge < -0.3 is 19.3 Å². The van der Waals surface area contributed by atoms with E-state index in [1.54, 1.807) is 13.2 Å². The molecule has 6 nitrogen and oxygen atoms in total. The Labute approximate surface area is 206 Å². The van der Waals surface area contributed by atoms with Gasteiger partial charge >= 0.3 is 6.18 Å². The molecule has 0 spiro atoms. The lowest BCUT2D eigenvalue weighted by molar-refractivity contribution is -0.138. The van der Waals surface area contributed by atoms with Crippen molar-refractivity contribution in [3.63, 3.8) is 0 Å². The van der Waals surface area contributed by atoms with Crippen LogP contribution in [0, 0.1) is 6.92 Å². The van der Waals surface area contributed by atoms with E-state index in [2.05, 4.69) is 0 Å². The summed E-state index contributed by atoms with van der Waals surface area (Å²) in [5.74, 6) is 1.91. The van der Waals surface area contributed by atoms with Crippen molar-refractivity contribution in [2.75, 3.05) is 33.3 Å². The molecule has 2 aliphatic heterocycles. The van der Waals surface area contributed by atoms with Gasteiger partial charge in [0, 0.05) is 32.2 Å². The van der Waals surface area contributed by atoms with Crippen molar-refractivity contribution in [1.82, 2.24) is 9.80 Å². The van der Waals surface area contributed by atoms with E-state index in [0.29, 0.717) is 41.9 Å². The van der Waals surface area contributed by atoms with Crippen molar-refractivity contribution >= 4 is 17.4 Å². The zero-order valence-corrected chi connectivity index (χ0v) is 19.8. The van der Waals surface area contributed by atoms with Crippen LogP contribution in [0.15, 0.2) is 65.7 Å². The van der Waals surface area contributed by atoms with Crippen LogP contribution in [0.4, 0.5) is 18.9 Å². The highest BCUT2D eigenvalue weighted by molar-refractivity contribution is 6.04. The Bertz CT molecular complexity index is 1350. The van der Waals surface area contributed by atoms with Gasteiger partial charge in [-0.05, 0) is 48.9 Å². The fraction of sp³-hybridized carbons (Fsp3) is 0.259. The van der Waals surface area contributed by atoms with Crippen molar-refractivity contribution in [1.29, 1.82) is 0 Å². The Hall–Kier alpha value is -4.01. The number of nitrogens with zero attached hydrogens (tertiary/aromatic N) is 3. The topological polar surface area (TPSA) is 54.4 Å². The van der Waals surface area contributed by atoms with E-state index in [1.165, 1.54) is 23.1 Å². The van der Waals surface area contributed by atoms with Gasteiger partial charge in [-0.2, -0.15) is 13.2 Å². The second-order valence-corrected chi connectivity index (χ2v) is 8.69. The molecule has 0 atom stereocenters. The number of benzene rings is 3. The lowest BCUT2D eigenvalue weighted by Gasteiger charge is -2.37. The summed E-state index contributed by atoms with van der Waals surface area (Å²) in [5, 5.41) is 0. The van der Waals surface area contributed by atoms with Crippen LogP contribution in [0.5, 0.6) is 17.2 Å². The molecule has 2 heterocycles. The fourth-order valence-electron chi connectivity index (χ4n) is 4.44. The molecule has 9 heteroatoms. The summed E-state index contributed by atoms with van der Waals surface area (Å²) in [7, 11) is 1.58. The summed E-state index contributed by atoms with van der Waals surface area (Å²) in [5.41, 5.74) is 1.22. The summed E-state index contributed by atoms with van der Waals surface area (Å²) < 4.78 is 51.9. The number of aryl methyl sites for hydroxylation is 1. The van der Waals surface area contributed by atoms with Gasteiger partial charge in [0.15, 0.2) is 5.75 Å². The number of halogens is 3. The maximum Gasteiger partial charge on any atom is 0.417 e. The quantitative estimate of drug-likeness (QED) is 0.460. The van der Waals surface area contributed by atoms with Crippen LogP contribution >= 0.6 is 0 Å². The molecule has 0 radical (unpaired) electrons. The monoisotopic (exact) mass is 495 g/mol. The van der Waals surface area contributed by atoms with Crippen molar-refractivity contribution in [2.24, 2.45) is 4.99 Å². The van der Waals surface area contributed by atoms with Gasteiger partial charge in [0.2, 0.25) is 0 Å². The van der Waals surface area contributed by atoms with Crippen LogP contribution in [0.1, 0.15) is 27.0 Å². The molecule has 1 saturated heterocycles. The average molecular weight is 496 g/mol. The van der Waals surface area contributed by atoms with Crippen molar-refractivity contribution in [3.05, 3.63) is 82.9 Å². The standard InChI is InChI=1S/C27H24F3N3O3/c1-17-7-10-22-24(15-17)36-23-16-18(35-2)8-9-20(23)25(31-22)32-11-13-33(14-12-32)26(34)19-5-3-4-6-21(19)27(28,29)30/h3-10,15-16H,11-14H2,1-2H3. The number of methoxy groups -OCH3 is 1. The number of carbonyl (C=O) groups excluding carboxylic acids is 1. The average Bonchev–Trinajstić information content (AvgIpc) is 3.03. The molecule has 0 bridgehead atoms. The largest absolute Gasteiger partial charge is 0.497 e. The molecular formula is C27H24F3N3O3. The minimum Gasteiger partial charge on any atom is -0.497 e. The zero-order chi connectivity index (χ0) is 25.4. The van der Waals surface area contributed by atoms with E-state index < -0.39 is 17.6 Å². The predicted molar refractivity (Wildman–Crippen MR) is 129 cm³/mol. The van der Waals surface area contributed by atoms with Crippen molar-refractivity contribution < 1.29 is 27.4 Å². The third-order valence-electron chi connectivity index (χ3n) is 6.32. The smallest absolute Gasteiger partial charge is 0.417 e. The van der Waals surface area contributed by atoms with E-state index in [4.69, 9.17) is 14.5 Å². The number of amides is 1. The molecule has 0 unspecified atom stereocenters. The summed E-state index contributed by atoms with van der Waals surface area (Å²) in [6.07, 6.45) is -4.60. The number of fused-ring (bicyclic) bond motifs is 2. The second kappa shape index (κ2) is 9.22. The molecule has 3 aromatic carbocycles. The Balaban J connectivity index is 1.43. The molecule has 3 aromatic rings. The summed E-state index contributed by atoms with van der Waals surface area (Å²) in [6.45, 7) is 3.31. The fourth-order valence-corrected chi connectivity index (χ4v) is 4.44. The highest BCUT2D eigenvalue weighted by Gasteiger charge is 2.37. The minimum absolute atomic E-state index is 0.261. The normalized spacial score (nSPS) is 15.3. The number of alkyl halides is 3. The van der Waals surface area contributed by atoms with Gasteiger partial charge in [0.05, 0.1) is 23.8 Å². The number of hydrogen-bond acceptors (Lipinski definition) is 5. The van der Waals surface area contributed by atoms with Crippen LogP contribution in [0.2, 0.25) is 0 Å². The summed E-state index contributed by atoms with van der Waals surface area (Å²) >= 11 is 0. The summed E-state index contributed by atoms with van der Waals surface area (Å²) in [6, 6.07) is 16.2. The summed E-state index contributed by atoms with van der Waals surface area (Å²) in [4.78, 5) is 21.4. The Morgan fingerprint density at radius 1 is 0.972 bits per heavy atom. The number of rotatable bonds is 2. The molecule has 2 aliphatic rings. The molecule has 1 fully saturated rings. The Kier molecular flexibility index (Phi) is 6.07. The van der Waals surface area contributed by atoms with E-state index in [0.717, 1.165) is 17.2 Å². The Morgan fingerprint density at radius 2 is 1.72 bits per heavy atom. The van der Waals surface area contributed by atoms with Gasteiger partial charge in [-0.1, -0.05) is 18.2 Å². The van der Waals surface area contributed by atoms with Crippen LogP contribution in [-0.2, 0) is 6.18 Å². The molecule has 5 rings (SSSR count). The van der Waals surface area contributed by atoms with E-state index >= 15 is 0 Å². The van der Waals surface area contributed by atoms with Gasteiger partial charge in [-0.15, -0.1) is 0 Å². The SMILES string of the molecule is COc1ccc2c(c1)Oc1cc(C)ccc1N=C2N1CCN(C(=O)c2ccccc2C(F)(F)F)CC1. The first-order valence-corrected chi connectivity index (χ1v) is 11.5. The molecule has 0 aliphatic carbocycles. The maximum absolute atomic E-state index is 13.4. The van der Waals surface area contributed by atoms with Gasteiger partial charge in [-0.3, -0.25) is 4.79 Å². The van der Waals surface area contributed by atoms with E-state index in [1.807, 2.05) is 42.2 Å². The molecular weight excluding hydrogens is 471 g/mol. The number of ether oxygens (including phenoxy) is 2. The number of aliphatic imine (C=N–C) groups is 1. The second-order valence-electron chi connectivity index (χ2n) is 8.69. The third kappa shape index (κ3) is 4.48. The number of amidine groups is 1. The predicted octanol–water partition coefficient (Wildman–Crippen LogP) is 5.66. The van der Waals surface area contributed by atoms with E-state index in [-0.39, 0.29) is 18.7 Å². The number of carbonyl (C=O) groups is 1. The molecule has 36 heavy (non-hydrogen) atoms. The molecule has 0 aromatic heterocycles.